The minimum atomic E-state index is 0.358. The van der Waals surface area contributed by atoms with Crippen LogP contribution in [0.1, 0.15) is 5.76 Å². The highest BCUT2D eigenvalue weighted by Crippen LogP contribution is 2.27. The molecule has 0 bridgehead atoms. The van der Waals surface area contributed by atoms with E-state index in [0.717, 1.165) is 16.7 Å². The van der Waals surface area contributed by atoms with Crippen molar-refractivity contribution in [2.24, 2.45) is 0 Å². The number of fused-ring (bicyclic) bond motifs is 1. The quantitative estimate of drug-likeness (QED) is 0.711. The molecule has 0 amide bonds. The van der Waals surface area contributed by atoms with Crippen LogP contribution in [-0.4, -0.2) is 4.98 Å². The van der Waals surface area contributed by atoms with E-state index < -0.39 is 0 Å². The summed E-state index contributed by atoms with van der Waals surface area (Å²) in [5, 5.41) is 1.59. The van der Waals surface area contributed by atoms with Crippen LogP contribution in [0.25, 0.3) is 11.0 Å². The third kappa shape index (κ3) is 2.17. The fraction of sp³-hybridized carbons (Fsp3) is 0.0714. The first kappa shape index (κ1) is 11.1. The number of furan rings is 1. The molecule has 3 rings (SSSR count). The van der Waals surface area contributed by atoms with Gasteiger partial charge < -0.3 is 9.15 Å². The number of hydrogen-bond acceptors (Lipinski definition) is 3. The van der Waals surface area contributed by atoms with E-state index in [0.29, 0.717) is 17.4 Å². The largest absolute Gasteiger partial charge is 0.484 e. The summed E-state index contributed by atoms with van der Waals surface area (Å²) in [6, 6.07) is 11.2. The number of nitrogens with zero attached hydrogens (tertiary/aromatic N) is 1. The number of rotatable bonds is 3. The second-order valence-corrected chi connectivity index (χ2v) is 4.25. The van der Waals surface area contributed by atoms with Gasteiger partial charge in [0.15, 0.2) is 0 Å². The summed E-state index contributed by atoms with van der Waals surface area (Å²) < 4.78 is 11.2. The van der Waals surface area contributed by atoms with Crippen LogP contribution in [0.15, 0.2) is 53.2 Å². The summed E-state index contributed by atoms with van der Waals surface area (Å²) in [7, 11) is 0. The number of benzene rings is 1. The molecule has 3 aromatic rings. The van der Waals surface area contributed by atoms with Crippen molar-refractivity contribution in [2.75, 3.05) is 0 Å². The van der Waals surface area contributed by atoms with Crippen molar-refractivity contribution in [1.29, 1.82) is 0 Å². The second kappa shape index (κ2) is 4.70. The monoisotopic (exact) mass is 259 g/mol. The van der Waals surface area contributed by atoms with E-state index in [2.05, 4.69) is 4.98 Å². The van der Waals surface area contributed by atoms with Gasteiger partial charge >= 0.3 is 0 Å². The molecule has 0 aliphatic rings. The molecule has 0 atom stereocenters. The minimum absolute atomic E-state index is 0.358. The number of halogens is 1. The van der Waals surface area contributed by atoms with Crippen LogP contribution in [-0.2, 0) is 6.61 Å². The van der Waals surface area contributed by atoms with Crippen molar-refractivity contribution in [3.05, 3.63) is 59.6 Å². The van der Waals surface area contributed by atoms with Gasteiger partial charge in [-0.15, -0.1) is 0 Å². The SMILES string of the molecule is Clc1cccc2oc(COc3cccnc3)cc12. The Hall–Kier alpha value is -2.00. The standard InChI is InChI=1S/C14H10ClNO2/c15-13-4-1-5-14-12(13)7-11(18-14)9-17-10-3-2-6-16-8-10/h1-8H,9H2. The lowest BCUT2D eigenvalue weighted by Gasteiger charge is -2.01. The van der Waals surface area contributed by atoms with Crippen molar-refractivity contribution in [2.45, 2.75) is 6.61 Å². The zero-order valence-corrected chi connectivity index (χ0v) is 10.2. The minimum Gasteiger partial charge on any atom is -0.484 e. The summed E-state index contributed by atoms with van der Waals surface area (Å²) in [6.07, 6.45) is 3.36. The highest BCUT2D eigenvalue weighted by molar-refractivity contribution is 6.35. The Labute approximate surface area is 109 Å². The first-order chi connectivity index (χ1) is 8.83. The molecule has 18 heavy (non-hydrogen) atoms. The fourth-order valence-electron chi connectivity index (χ4n) is 1.74. The molecule has 2 heterocycles. The Morgan fingerprint density at radius 3 is 2.94 bits per heavy atom. The third-order valence-electron chi connectivity index (χ3n) is 2.57. The van der Waals surface area contributed by atoms with Crippen LogP contribution in [0.2, 0.25) is 5.02 Å². The smallest absolute Gasteiger partial charge is 0.146 e. The Morgan fingerprint density at radius 2 is 2.17 bits per heavy atom. The van der Waals surface area contributed by atoms with E-state index in [1.165, 1.54) is 0 Å². The van der Waals surface area contributed by atoms with E-state index in [4.69, 9.17) is 20.8 Å². The number of hydrogen-bond donors (Lipinski definition) is 0. The summed E-state index contributed by atoms with van der Waals surface area (Å²) in [5.74, 6) is 1.45. The average molecular weight is 260 g/mol. The summed E-state index contributed by atoms with van der Waals surface area (Å²) >= 11 is 6.08. The lowest BCUT2D eigenvalue weighted by Crippen LogP contribution is -1.93. The van der Waals surface area contributed by atoms with E-state index in [9.17, 15) is 0 Å². The van der Waals surface area contributed by atoms with Gasteiger partial charge in [-0.05, 0) is 30.3 Å². The molecule has 0 aliphatic carbocycles. The third-order valence-corrected chi connectivity index (χ3v) is 2.90. The van der Waals surface area contributed by atoms with Gasteiger partial charge in [0, 0.05) is 11.6 Å². The maximum absolute atomic E-state index is 6.08. The molecule has 0 saturated carbocycles. The number of aromatic nitrogens is 1. The molecule has 4 heteroatoms. The molecule has 1 aromatic carbocycles. The maximum Gasteiger partial charge on any atom is 0.146 e. The number of ether oxygens (including phenoxy) is 1. The van der Waals surface area contributed by atoms with Gasteiger partial charge in [-0.2, -0.15) is 0 Å². The van der Waals surface area contributed by atoms with Crippen molar-refractivity contribution in [3.8, 4) is 5.75 Å². The Morgan fingerprint density at radius 1 is 1.22 bits per heavy atom. The fourth-order valence-corrected chi connectivity index (χ4v) is 1.96. The van der Waals surface area contributed by atoms with Gasteiger partial charge in [-0.25, -0.2) is 0 Å². The number of pyridine rings is 1. The first-order valence-corrected chi connectivity index (χ1v) is 5.90. The average Bonchev–Trinajstić information content (AvgIpc) is 2.82. The maximum atomic E-state index is 6.08. The molecule has 0 aliphatic heterocycles. The van der Waals surface area contributed by atoms with Crippen LogP contribution in [0.4, 0.5) is 0 Å². The molecule has 3 nitrogen and oxygen atoms in total. The summed E-state index contributed by atoms with van der Waals surface area (Å²) in [4.78, 5) is 3.98. The molecule has 90 valence electrons. The van der Waals surface area contributed by atoms with Crippen LogP contribution in [0.5, 0.6) is 5.75 Å². The molecule has 2 aromatic heterocycles. The van der Waals surface area contributed by atoms with Gasteiger partial charge in [-0.3, -0.25) is 4.98 Å². The van der Waals surface area contributed by atoms with E-state index in [1.54, 1.807) is 12.4 Å². The molecule has 0 unspecified atom stereocenters. The topological polar surface area (TPSA) is 35.3 Å². The molecule has 0 spiro atoms. The molecule has 0 saturated heterocycles. The predicted molar refractivity (Wildman–Crippen MR) is 69.8 cm³/mol. The second-order valence-electron chi connectivity index (χ2n) is 3.84. The summed E-state index contributed by atoms with van der Waals surface area (Å²) in [6.45, 7) is 0.358. The van der Waals surface area contributed by atoms with Crippen molar-refractivity contribution >= 4 is 22.6 Å². The van der Waals surface area contributed by atoms with Gasteiger partial charge in [0.2, 0.25) is 0 Å². The Kier molecular flexibility index (Phi) is 2.90. The summed E-state index contributed by atoms with van der Waals surface area (Å²) in [5.41, 5.74) is 0.771. The van der Waals surface area contributed by atoms with Gasteiger partial charge in [0.05, 0.1) is 11.2 Å². The van der Waals surface area contributed by atoms with Gasteiger partial charge in [0.25, 0.3) is 0 Å². The van der Waals surface area contributed by atoms with Crippen molar-refractivity contribution in [1.82, 2.24) is 4.98 Å². The van der Waals surface area contributed by atoms with E-state index >= 15 is 0 Å². The molecule has 0 fully saturated rings. The zero-order valence-electron chi connectivity index (χ0n) is 9.47. The van der Waals surface area contributed by atoms with Gasteiger partial charge in [-0.1, -0.05) is 17.7 Å². The van der Waals surface area contributed by atoms with Gasteiger partial charge in [0.1, 0.15) is 23.7 Å². The Bertz CT molecular complexity index is 664. The van der Waals surface area contributed by atoms with E-state index in [1.807, 2.05) is 36.4 Å². The van der Waals surface area contributed by atoms with Crippen LogP contribution in [0, 0.1) is 0 Å². The first-order valence-electron chi connectivity index (χ1n) is 5.53. The Balaban J connectivity index is 1.81. The van der Waals surface area contributed by atoms with Crippen molar-refractivity contribution < 1.29 is 9.15 Å². The lowest BCUT2D eigenvalue weighted by molar-refractivity contribution is 0.273. The van der Waals surface area contributed by atoms with Crippen molar-refractivity contribution in [3.63, 3.8) is 0 Å². The highest BCUT2D eigenvalue weighted by atomic mass is 35.5. The van der Waals surface area contributed by atoms with Crippen LogP contribution in [0.3, 0.4) is 0 Å². The van der Waals surface area contributed by atoms with E-state index in [-0.39, 0.29) is 0 Å². The molecular formula is C14H10ClNO2. The van der Waals surface area contributed by atoms with Crippen LogP contribution < -0.4 is 4.74 Å². The lowest BCUT2D eigenvalue weighted by atomic mass is 10.2. The van der Waals surface area contributed by atoms with Crippen LogP contribution >= 0.6 is 11.6 Å². The molecule has 0 N–H and O–H groups in total. The normalized spacial score (nSPS) is 10.7. The zero-order chi connectivity index (χ0) is 12.4. The molecule has 0 radical (unpaired) electrons. The predicted octanol–water partition coefficient (Wildman–Crippen LogP) is 4.06. The highest BCUT2D eigenvalue weighted by Gasteiger charge is 2.07. The molecular weight excluding hydrogens is 250 g/mol.